The molecule has 0 atom stereocenters. The Labute approximate surface area is 83.4 Å². The Morgan fingerprint density at radius 1 is 1.29 bits per heavy atom. The zero-order chi connectivity index (χ0) is 9.97. The van der Waals surface area contributed by atoms with E-state index >= 15 is 0 Å². The molecule has 72 valence electrons. The van der Waals surface area contributed by atoms with Gasteiger partial charge < -0.3 is 4.57 Å². The van der Waals surface area contributed by atoms with Gasteiger partial charge in [-0.3, -0.25) is 4.98 Å². The van der Waals surface area contributed by atoms with Gasteiger partial charge in [0.15, 0.2) is 0 Å². The van der Waals surface area contributed by atoms with E-state index in [9.17, 15) is 0 Å². The van der Waals surface area contributed by atoms with Gasteiger partial charge in [0.05, 0.1) is 5.69 Å². The fourth-order valence-electron chi connectivity index (χ4n) is 1.46. The number of hydrogen-bond donors (Lipinski definition) is 0. The smallest absolute Gasteiger partial charge is 0.110 e. The molecular formula is C11H13N3. The normalized spacial score (nSPS) is 10.4. The van der Waals surface area contributed by atoms with Gasteiger partial charge in [0.25, 0.3) is 0 Å². The van der Waals surface area contributed by atoms with Crippen LogP contribution in [0.1, 0.15) is 18.4 Å². The van der Waals surface area contributed by atoms with E-state index in [1.807, 2.05) is 25.4 Å². The highest BCUT2D eigenvalue weighted by atomic mass is 15.1. The summed E-state index contributed by atoms with van der Waals surface area (Å²) in [5.41, 5.74) is 2.24. The van der Waals surface area contributed by atoms with E-state index < -0.39 is 0 Å². The van der Waals surface area contributed by atoms with E-state index in [0.717, 1.165) is 23.6 Å². The minimum Gasteiger partial charge on any atom is -0.304 e. The van der Waals surface area contributed by atoms with Gasteiger partial charge in [-0.25, -0.2) is 4.98 Å². The van der Waals surface area contributed by atoms with Crippen molar-refractivity contribution in [2.45, 2.75) is 20.3 Å². The minimum absolute atomic E-state index is 0.960. The Kier molecular flexibility index (Phi) is 2.31. The molecular weight excluding hydrogens is 174 g/mol. The van der Waals surface area contributed by atoms with Crippen LogP contribution < -0.4 is 0 Å². The maximum atomic E-state index is 4.26. The Morgan fingerprint density at radius 3 is 2.79 bits per heavy atom. The average molecular weight is 187 g/mol. The molecule has 0 fully saturated rings. The zero-order valence-corrected chi connectivity index (χ0v) is 8.44. The molecule has 0 amide bonds. The Bertz CT molecular complexity index is 432. The van der Waals surface area contributed by atoms with Crippen LogP contribution in [0, 0.1) is 6.92 Å². The van der Waals surface area contributed by atoms with Gasteiger partial charge in [-0.05, 0) is 25.5 Å². The molecule has 0 aliphatic carbocycles. The number of rotatable bonds is 2. The van der Waals surface area contributed by atoms with Gasteiger partial charge in [0, 0.05) is 24.3 Å². The number of hydrogen-bond acceptors (Lipinski definition) is 2. The van der Waals surface area contributed by atoms with E-state index in [0.29, 0.717) is 0 Å². The van der Waals surface area contributed by atoms with E-state index in [4.69, 9.17) is 0 Å². The van der Waals surface area contributed by atoms with Crippen LogP contribution in [0.3, 0.4) is 0 Å². The fourth-order valence-corrected chi connectivity index (χ4v) is 1.46. The molecule has 0 unspecified atom stereocenters. The Balaban J connectivity index is 2.47. The summed E-state index contributed by atoms with van der Waals surface area (Å²) in [6, 6.07) is 4.09. The van der Waals surface area contributed by atoms with E-state index in [1.165, 1.54) is 0 Å². The third-order valence-electron chi connectivity index (χ3n) is 2.27. The molecule has 0 aromatic carbocycles. The van der Waals surface area contributed by atoms with Crippen molar-refractivity contribution in [3.63, 3.8) is 0 Å². The molecule has 2 aromatic heterocycles. The molecule has 0 aliphatic heterocycles. The van der Waals surface area contributed by atoms with Crippen LogP contribution >= 0.6 is 0 Å². The molecule has 0 N–H and O–H groups in total. The summed E-state index contributed by atoms with van der Waals surface area (Å²) < 4.78 is 2.06. The first kappa shape index (κ1) is 8.94. The highest BCUT2D eigenvalue weighted by Gasteiger charge is 2.00. The van der Waals surface area contributed by atoms with Crippen molar-refractivity contribution in [1.29, 1.82) is 0 Å². The third-order valence-corrected chi connectivity index (χ3v) is 2.27. The highest BCUT2D eigenvalue weighted by Crippen LogP contribution is 2.10. The third kappa shape index (κ3) is 1.53. The molecule has 0 radical (unpaired) electrons. The quantitative estimate of drug-likeness (QED) is 0.721. The molecule has 0 aliphatic rings. The first-order valence-corrected chi connectivity index (χ1v) is 4.76. The topological polar surface area (TPSA) is 30.7 Å². The summed E-state index contributed by atoms with van der Waals surface area (Å²) in [5.74, 6) is 0.998. The lowest BCUT2D eigenvalue weighted by atomic mass is 10.2. The number of pyridine rings is 1. The van der Waals surface area contributed by atoms with E-state index in [-0.39, 0.29) is 0 Å². The van der Waals surface area contributed by atoms with Crippen LogP contribution in [-0.4, -0.2) is 14.5 Å². The molecule has 2 heterocycles. The van der Waals surface area contributed by atoms with E-state index in [2.05, 4.69) is 27.5 Å². The lowest BCUT2D eigenvalue weighted by Crippen LogP contribution is -1.97. The van der Waals surface area contributed by atoms with Crippen LogP contribution in [0.4, 0.5) is 0 Å². The summed E-state index contributed by atoms with van der Waals surface area (Å²) in [7, 11) is 0. The Hall–Kier alpha value is -1.64. The second-order valence-electron chi connectivity index (χ2n) is 3.20. The maximum Gasteiger partial charge on any atom is 0.110 e. The monoisotopic (exact) mass is 187 g/mol. The van der Waals surface area contributed by atoms with Gasteiger partial charge in [0.1, 0.15) is 5.82 Å². The lowest BCUT2D eigenvalue weighted by Gasteiger charge is -2.05. The lowest BCUT2D eigenvalue weighted by molar-refractivity contribution is 0.950. The van der Waals surface area contributed by atoms with Crippen molar-refractivity contribution < 1.29 is 0 Å². The number of aryl methyl sites for hydroxylation is 2. The van der Waals surface area contributed by atoms with Gasteiger partial charge in [-0.1, -0.05) is 6.92 Å². The fraction of sp³-hybridized carbons (Fsp3) is 0.273. The second-order valence-corrected chi connectivity index (χ2v) is 3.20. The zero-order valence-electron chi connectivity index (χ0n) is 8.44. The van der Waals surface area contributed by atoms with Crippen molar-refractivity contribution in [1.82, 2.24) is 14.5 Å². The predicted octanol–water partition coefficient (Wildman–Crippen LogP) is 2.14. The number of nitrogens with zero attached hydrogens (tertiary/aromatic N) is 3. The minimum atomic E-state index is 0.960. The average Bonchev–Trinajstić information content (AvgIpc) is 2.65. The van der Waals surface area contributed by atoms with Crippen LogP contribution in [0.15, 0.2) is 30.7 Å². The maximum absolute atomic E-state index is 4.26. The first-order valence-electron chi connectivity index (χ1n) is 4.76. The van der Waals surface area contributed by atoms with Gasteiger partial charge in [-0.15, -0.1) is 0 Å². The molecule has 0 saturated heterocycles. The van der Waals surface area contributed by atoms with Gasteiger partial charge in [0.2, 0.25) is 0 Å². The molecule has 3 nitrogen and oxygen atoms in total. The molecule has 14 heavy (non-hydrogen) atoms. The van der Waals surface area contributed by atoms with Crippen molar-refractivity contribution in [2.75, 3.05) is 0 Å². The van der Waals surface area contributed by atoms with Crippen molar-refractivity contribution >= 4 is 0 Å². The van der Waals surface area contributed by atoms with Crippen LogP contribution in [0.2, 0.25) is 0 Å². The summed E-state index contributed by atoms with van der Waals surface area (Å²) in [4.78, 5) is 8.45. The number of imidazole rings is 1. The van der Waals surface area contributed by atoms with Crippen molar-refractivity contribution in [3.05, 3.63) is 42.2 Å². The Morgan fingerprint density at radius 2 is 2.14 bits per heavy atom. The predicted molar refractivity (Wildman–Crippen MR) is 55.5 cm³/mol. The second kappa shape index (κ2) is 3.62. The number of aromatic nitrogens is 3. The summed E-state index contributed by atoms with van der Waals surface area (Å²) in [6.07, 6.45) is 6.57. The van der Waals surface area contributed by atoms with Crippen LogP contribution in [0.5, 0.6) is 0 Å². The summed E-state index contributed by atoms with van der Waals surface area (Å²) in [5, 5.41) is 0. The van der Waals surface area contributed by atoms with Crippen LogP contribution in [-0.2, 0) is 6.42 Å². The first-order chi connectivity index (χ1) is 6.81. The highest BCUT2D eigenvalue weighted by molar-refractivity contribution is 5.33. The largest absolute Gasteiger partial charge is 0.304 e. The summed E-state index contributed by atoms with van der Waals surface area (Å²) in [6.45, 7) is 4.10. The van der Waals surface area contributed by atoms with Crippen LogP contribution in [0.25, 0.3) is 5.69 Å². The van der Waals surface area contributed by atoms with E-state index in [1.54, 1.807) is 6.20 Å². The molecule has 0 spiro atoms. The molecule has 3 heteroatoms. The van der Waals surface area contributed by atoms with Crippen molar-refractivity contribution in [3.8, 4) is 5.69 Å². The molecule has 0 bridgehead atoms. The standard InChI is InChI=1S/C11H13N3/c1-3-10-8-11(4-5-13-10)14-7-6-12-9(14)2/h4-8H,3H2,1-2H3. The van der Waals surface area contributed by atoms with Gasteiger partial charge >= 0.3 is 0 Å². The molecule has 2 aromatic rings. The summed E-state index contributed by atoms with van der Waals surface area (Å²) >= 11 is 0. The van der Waals surface area contributed by atoms with Gasteiger partial charge in [-0.2, -0.15) is 0 Å². The molecule has 0 saturated carbocycles. The molecule has 2 rings (SSSR count). The van der Waals surface area contributed by atoms with Crippen molar-refractivity contribution in [2.24, 2.45) is 0 Å². The SMILES string of the molecule is CCc1cc(-n2ccnc2C)ccn1.